The number of ether oxygens (including phenoxy) is 2. The second kappa shape index (κ2) is 13.3. The van der Waals surface area contributed by atoms with E-state index >= 15 is 0 Å². The molecular weight excluding hydrogens is 703 g/mol. The van der Waals surface area contributed by atoms with Gasteiger partial charge in [0.25, 0.3) is 0 Å². The standard InChI is InChI=1S/C40H42O2Si.2ClH.Zr/c1-25(2)35-23-29-11-9-13-33(27-15-19-31(41-5)20-16-27)37(29)39(35)43(7,8)40-36(26(3)4)24-30-12-10-14-34(38(30)40)28-17-21-32(42-6)22-18-28;;;/h9-26H,1-8H3;2*1H;/q;;;+2/p-2. The molecule has 0 spiro atoms. The van der Waals surface area contributed by atoms with Gasteiger partial charge in [0, 0.05) is 0 Å². The first kappa shape index (κ1) is 35.0. The molecule has 7 rings (SSSR count). The number of benzene rings is 4. The van der Waals surface area contributed by atoms with E-state index in [0.29, 0.717) is 19.1 Å². The summed E-state index contributed by atoms with van der Waals surface area (Å²) in [6, 6.07) is 31.9. The number of allylic oxidation sites excluding steroid dienone is 2. The summed E-state index contributed by atoms with van der Waals surface area (Å²) < 4.78 is 12.3. The van der Waals surface area contributed by atoms with Crippen LogP contribution in [0.5, 0.6) is 11.5 Å². The minimum Gasteiger partial charge on any atom is -1.00 e. The van der Waals surface area contributed by atoms with Gasteiger partial charge in [-0.3, -0.25) is 0 Å². The second-order valence-electron chi connectivity index (χ2n) is 13.6. The molecule has 2 nitrogen and oxygen atoms in total. The van der Waals surface area contributed by atoms with Gasteiger partial charge in [-0.05, 0) is 0 Å². The fourth-order valence-corrected chi connectivity index (χ4v) is 19.5. The van der Waals surface area contributed by atoms with Crippen LogP contribution < -0.4 is 34.3 Å². The maximum atomic E-state index is 5.53. The van der Waals surface area contributed by atoms with Crippen molar-refractivity contribution in [1.29, 1.82) is 0 Å². The van der Waals surface area contributed by atoms with Crippen molar-refractivity contribution in [2.24, 2.45) is 11.8 Å². The van der Waals surface area contributed by atoms with Crippen molar-refractivity contribution in [2.75, 3.05) is 14.2 Å². The molecule has 0 aromatic heterocycles. The summed E-state index contributed by atoms with van der Waals surface area (Å²) in [6.07, 6.45) is 0. The Morgan fingerprint density at radius 2 is 0.935 bits per heavy atom. The van der Waals surface area contributed by atoms with Crippen LogP contribution in [0.1, 0.15) is 57.2 Å². The van der Waals surface area contributed by atoms with E-state index in [9.17, 15) is 0 Å². The van der Waals surface area contributed by atoms with E-state index in [-0.39, 0.29) is 24.8 Å². The molecule has 4 aromatic carbocycles. The molecule has 236 valence electrons. The Hall–Kier alpha value is -2.36. The molecule has 1 heterocycles. The zero-order valence-corrected chi connectivity index (χ0v) is 32.9. The third-order valence-electron chi connectivity index (χ3n) is 10.1. The van der Waals surface area contributed by atoms with Gasteiger partial charge in [0.2, 0.25) is 0 Å². The van der Waals surface area contributed by atoms with Crippen molar-refractivity contribution in [2.45, 2.75) is 48.0 Å². The molecule has 3 aliphatic rings. The maximum absolute atomic E-state index is 5.53. The normalized spacial score (nSPS) is 18.5. The molecule has 0 amide bonds. The first-order valence-corrected chi connectivity index (χ1v) is 21.8. The third kappa shape index (κ3) is 5.33. The van der Waals surface area contributed by atoms with Crippen molar-refractivity contribution in [3.8, 4) is 33.8 Å². The Kier molecular flexibility index (Phi) is 10.1. The van der Waals surface area contributed by atoms with Crippen molar-refractivity contribution in [3.63, 3.8) is 0 Å². The predicted molar refractivity (Wildman–Crippen MR) is 183 cm³/mol. The van der Waals surface area contributed by atoms with Crippen molar-refractivity contribution in [1.82, 2.24) is 0 Å². The Labute approximate surface area is 300 Å². The fraction of sp³-hybridized carbons (Fsp3) is 0.300. The van der Waals surface area contributed by atoms with Crippen molar-refractivity contribution < 1.29 is 57.5 Å². The Balaban J connectivity index is 0.00000208. The molecule has 0 N–H and O–H groups in total. The van der Waals surface area contributed by atoms with E-state index < -0.39 is 31.3 Å². The molecule has 2 aliphatic carbocycles. The van der Waals surface area contributed by atoms with Crippen LogP contribution in [0.25, 0.3) is 32.6 Å². The number of hydrogen-bond donors (Lipinski definition) is 0. The molecule has 2 unspecified atom stereocenters. The van der Waals surface area contributed by atoms with E-state index in [1.165, 1.54) is 22.3 Å². The topological polar surface area (TPSA) is 18.5 Å². The number of hydrogen-bond acceptors (Lipinski definition) is 2. The molecule has 4 bridgehead atoms. The van der Waals surface area contributed by atoms with E-state index in [1.807, 2.05) is 0 Å². The van der Waals surface area contributed by atoms with Gasteiger partial charge < -0.3 is 24.8 Å². The van der Waals surface area contributed by atoms with Gasteiger partial charge in [-0.15, -0.1) is 0 Å². The molecular formula is C40H42Cl2O2SiZr. The zero-order valence-electron chi connectivity index (χ0n) is 28.0. The Morgan fingerprint density at radius 1 is 0.565 bits per heavy atom. The zero-order chi connectivity index (χ0) is 30.9. The van der Waals surface area contributed by atoms with Crippen molar-refractivity contribution in [3.05, 3.63) is 118 Å². The molecule has 2 atom stereocenters. The van der Waals surface area contributed by atoms with Gasteiger partial charge in [0.05, 0.1) is 0 Å². The molecule has 0 saturated carbocycles. The summed E-state index contributed by atoms with van der Waals surface area (Å²) in [5.74, 6) is 2.88. The molecule has 0 radical (unpaired) electrons. The van der Waals surface area contributed by atoms with Crippen LogP contribution in [0.4, 0.5) is 0 Å². The first-order chi connectivity index (χ1) is 21.2. The van der Waals surface area contributed by atoms with Crippen LogP contribution in [-0.2, 0) is 23.2 Å². The van der Waals surface area contributed by atoms with Gasteiger partial charge in [0.15, 0.2) is 0 Å². The van der Waals surface area contributed by atoms with Gasteiger partial charge in [-0.2, -0.15) is 0 Å². The van der Waals surface area contributed by atoms with Crippen LogP contribution in [0.15, 0.2) is 96.1 Å². The largest absolute Gasteiger partial charge is 1.00 e. The monoisotopic (exact) mass is 742 g/mol. The fourth-order valence-electron chi connectivity index (χ4n) is 8.36. The number of halogens is 2. The van der Waals surface area contributed by atoms with Gasteiger partial charge in [-0.25, -0.2) is 0 Å². The van der Waals surface area contributed by atoms with Crippen LogP contribution in [0, 0.1) is 11.8 Å². The van der Waals surface area contributed by atoms with E-state index in [1.54, 1.807) is 58.0 Å². The number of rotatable bonds is 6. The number of methoxy groups -OCH3 is 2. The summed E-state index contributed by atoms with van der Waals surface area (Å²) in [6.45, 7) is 15.2. The van der Waals surface area contributed by atoms with Crippen LogP contribution in [0.3, 0.4) is 0 Å². The van der Waals surface area contributed by atoms with Crippen LogP contribution in [0.2, 0.25) is 13.1 Å². The summed E-state index contributed by atoms with van der Waals surface area (Å²) in [4.78, 5) is 0. The van der Waals surface area contributed by atoms with E-state index in [2.05, 4.69) is 126 Å². The predicted octanol–water partition coefficient (Wildman–Crippen LogP) is 4.56. The Morgan fingerprint density at radius 3 is 1.26 bits per heavy atom. The molecule has 1 aliphatic heterocycles. The van der Waals surface area contributed by atoms with Crippen LogP contribution >= 0.6 is 0 Å². The van der Waals surface area contributed by atoms with Gasteiger partial charge in [0.1, 0.15) is 0 Å². The second-order valence-corrected chi connectivity index (χ2v) is 21.5. The minimum atomic E-state index is -2.23. The minimum absolute atomic E-state index is 0. The van der Waals surface area contributed by atoms with Gasteiger partial charge >= 0.3 is 277 Å². The van der Waals surface area contributed by atoms with Gasteiger partial charge in [-0.1, -0.05) is 0 Å². The van der Waals surface area contributed by atoms with Crippen molar-refractivity contribution >= 4 is 18.5 Å². The smallest absolute Gasteiger partial charge is 1.00 e. The molecule has 0 saturated heterocycles. The van der Waals surface area contributed by atoms with E-state index in [0.717, 1.165) is 11.5 Å². The summed E-state index contributed by atoms with van der Waals surface area (Å²) >= 11 is -1.02. The average molecular weight is 745 g/mol. The molecule has 4 aromatic rings. The summed E-state index contributed by atoms with van der Waals surface area (Å²) in [5, 5.41) is 3.45. The SMILES string of the molecule is COc1ccc(-c2cccc3c2C2=C(C(C)C)[CH]3[Zr+2][CH]3C(C(C)C)=C(c4c(-c5ccc(OC)cc5)cccc43)[Si]2(C)C)cc1.[Cl-].[Cl-]. The molecule has 0 fully saturated rings. The Bertz CT molecular complexity index is 1710. The quantitative estimate of drug-likeness (QED) is 0.270. The van der Waals surface area contributed by atoms with Crippen LogP contribution in [-0.4, -0.2) is 22.3 Å². The maximum Gasteiger partial charge on any atom is -1.00 e. The molecule has 46 heavy (non-hydrogen) atoms. The third-order valence-corrected chi connectivity index (χ3v) is 18.4. The first-order valence-electron chi connectivity index (χ1n) is 16.0. The summed E-state index contributed by atoms with van der Waals surface area (Å²) in [5.41, 5.74) is 15.3. The molecule has 6 heteroatoms. The van der Waals surface area contributed by atoms with E-state index in [4.69, 9.17) is 9.47 Å². The average Bonchev–Trinajstić information content (AvgIpc) is 3.57. The summed E-state index contributed by atoms with van der Waals surface area (Å²) in [7, 11) is 1.27. The number of fused-ring (bicyclic) bond motifs is 8.